The number of carbonyl (C=O) groups is 2. The van der Waals surface area contributed by atoms with E-state index in [2.05, 4.69) is 9.47 Å². The predicted octanol–water partition coefficient (Wildman–Crippen LogP) is 1.94. The highest BCUT2D eigenvalue weighted by Crippen LogP contribution is 2.22. The number of ether oxygens (including phenoxy) is 2. The second kappa shape index (κ2) is 7.91. The summed E-state index contributed by atoms with van der Waals surface area (Å²) in [5, 5.41) is 0. The molecule has 0 heterocycles. The second-order valence-electron chi connectivity index (χ2n) is 3.50. The third-order valence-corrected chi connectivity index (χ3v) is 2.40. The molecule has 1 atom stereocenters. The summed E-state index contributed by atoms with van der Waals surface area (Å²) in [6, 6.07) is 0. The first kappa shape index (κ1) is 14.7. The highest BCUT2D eigenvalue weighted by molar-refractivity contribution is 5.95. The van der Waals surface area contributed by atoms with E-state index >= 15 is 0 Å². The molecule has 0 saturated heterocycles. The van der Waals surface area contributed by atoms with Crippen LogP contribution in [-0.2, 0) is 19.1 Å². The van der Waals surface area contributed by atoms with Gasteiger partial charge in [-0.3, -0.25) is 9.59 Å². The number of methoxy groups -OCH3 is 2. The van der Waals surface area contributed by atoms with Crippen molar-refractivity contribution in [2.24, 2.45) is 11.8 Å². The third-order valence-electron chi connectivity index (χ3n) is 2.40. The van der Waals surface area contributed by atoms with Crippen LogP contribution in [0.5, 0.6) is 0 Å². The minimum absolute atomic E-state index is 0.158. The largest absolute Gasteiger partial charge is 0.468 e. The third kappa shape index (κ3) is 4.04. The van der Waals surface area contributed by atoms with Crippen molar-refractivity contribution < 1.29 is 19.1 Å². The van der Waals surface area contributed by atoms with E-state index in [4.69, 9.17) is 0 Å². The zero-order valence-electron chi connectivity index (χ0n) is 10.4. The van der Waals surface area contributed by atoms with Gasteiger partial charge in [-0.2, -0.15) is 0 Å². The predicted molar refractivity (Wildman–Crippen MR) is 60.7 cm³/mol. The molecule has 4 heteroatoms. The summed E-state index contributed by atoms with van der Waals surface area (Å²) < 4.78 is 9.27. The van der Waals surface area contributed by atoms with Crippen LogP contribution in [0.25, 0.3) is 0 Å². The average molecular weight is 228 g/mol. The molecule has 0 fully saturated rings. The summed E-state index contributed by atoms with van der Waals surface area (Å²) in [5.41, 5.74) is 0. The van der Waals surface area contributed by atoms with Gasteiger partial charge < -0.3 is 9.47 Å². The van der Waals surface area contributed by atoms with Crippen LogP contribution in [0.1, 0.15) is 26.7 Å². The first-order chi connectivity index (χ1) is 7.62. The van der Waals surface area contributed by atoms with Gasteiger partial charge in [-0.15, -0.1) is 0 Å². The highest BCUT2D eigenvalue weighted by Gasteiger charge is 2.34. The quantitative estimate of drug-likeness (QED) is 0.396. The maximum absolute atomic E-state index is 11.5. The van der Waals surface area contributed by atoms with Gasteiger partial charge in [0.1, 0.15) is 0 Å². The molecular formula is C12H20O4. The Hall–Kier alpha value is -1.32. The molecule has 0 saturated carbocycles. The molecule has 0 radical (unpaired) electrons. The van der Waals surface area contributed by atoms with Crippen molar-refractivity contribution in [1.82, 2.24) is 0 Å². The van der Waals surface area contributed by atoms with Crippen LogP contribution in [0.2, 0.25) is 0 Å². The molecule has 92 valence electrons. The Morgan fingerprint density at radius 2 is 1.69 bits per heavy atom. The van der Waals surface area contributed by atoms with E-state index in [9.17, 15) is 9.59 Å². The van der Waals surface area contributed by atoms with E-state index in [1.807, 2.05) is 26.0 Å². The Balaban J connectivity index is 4.94. The summed E-state index contributed by atoms with van der Waals surface area (Å²) in [5.74, 6) is -2.09. The summed E-state index contributed by atoms with van der Waals surface area (Å²) >= 11 is 0. The average Bonchev–Trinajstić information content (AvgIpc) is 2.29. The lowest BCUT2D eigenvalue weighted by Crippen LogP contribution is -2.32. The zero-order chi connectivity index (χ0) is 12.6. The number of allylic oxidation sites excluding steroid dienone is 2. The van der Waals surface area contributed by atoms with E-state index in [1.54, 1.807) is 0 Å². The van der Waals surface area contributed by atoms with Crippen molar-refractivity contribution in [2.75, 3.05) is 14.2 Å². The molecule has 0 aliphatic rings. The van der Waals surface area contributed by atoms with Gasteiger partial charge in [-0.05, 0) is 13.3 Å². The van der Waals surface area contributed by atoms with Crippen molar-refractivity contribution in [3.63, 3.8) is 0 Å². The summed E-state index contributed by atoms with van der Waals surface area (Å²) in [7, 11) is 2.55. The fourth-order valence-corrected chi connectivity index (χ4v) is 1.65. The second-order valence-corrected chi connectivity index (χ2v) is 3.50. The number of hydrogen-bond donors (Lipinski definition) is 0. The van der Waals surface area contributed by atoms with Crippen molar-refractivity contribution in [1.29, 1.82) is 0 Å². The molecule has 4 nitrogen and oxygen atoms in total. The van der Waals surface area contributed by atoms with E-state index in [1.165, 1.54) is 14.2 Å². The Labute approximate surface area is 96.6 Å². The van der Waals surface area contributed by atoms with Crippen molar-refractivity contribution >= 4 is 11.9 Å². The lowest BCUT2D eigenvalue weighted by molar-refractivity contribution is -0.160. The number of rotatable bonds is 6. The van der Waals surface area contributed by atoms with Crippen LogP contribution in [0.3, 0.4) is 0 Å². The van der Waals surface area contributed by atoms with Gasteiger partial charge in [0.15, 0.2) is 5.92 Å². The fourth-order valence-electron chi connectivity index (χ4n) is 1.65. The van der Waals surface area contributed by atoms with E-state index in [0.717, 1.165) is 12.8 Å². The monoisotopic (exact) mass is 228 g/mol. The topological polar surface area (TPSA) is 52.6 Å². The Morgan fingerprint density at radius 1 is 1.19 bits per heavy atom. The van der Waals surface area contributed by atoms with Gasteiger partial charge in [-0.1, -0.05) is 25.5 Å². The molecule has 0 spiro atoms. The van der Waals surface area contributed by atoms with E-state index in [0.29, 0.717) is 0 Å². The highest BCUT2D eigenvalue weighted by atomic mass is 16.5. The molecule has 0 N–H and O–H groups in total. The fraction of sp³-hybridized carbons (Fsp3) is 0.667. The first-order valence-corrected chi connectivity index (χ1v) is 5.40. The van der Waals surface area contributed by atoms with Crippen LogP contribution in [0.4, 0.5) is 0 Å². The van der Waals surface area contributed by atoms with Gasteiger partial charge >= 0.3 is 11.9 Å². The van der Waals surface area contributed by atoms with E-state index in [-0.39, 0.29) is 5.92 Å². The molecule has 1 unspecified atom stereocenters. The minimum atomic E-state index is -0.855. The smallest absolute Gasteiger partial charge is 0.320 e. The number of esters is 2. The zero-order valence-corrected chi connectivity index (χ0v) is 10.4. The molecule has 0 bridgehead atoms. The van der Waals surface area contributed by atoms with Gasteiger partial charge in [-0.25, -0.2) is 0 Å². The molecule has 0 aromatic heterocycles. The van der Waals surface area contributed by atoms with Gasteiger partial charge in [0.25, 0.3) is 0 Å². The summed E-state index contributed by atoms with van der Waals surface area (Å²) in [4.78, 5) is 23.1. The maximum Gasteiger partial charge on any atom is 0.320 e. The molecule has 0 aliphatic carbocycles. The van der Waals surface area contributed by atoms with Crippen LogP contribution in [0, 0.1) is 11.8 Å². The van der Waals surface area contributed by atoms with E-state index < -0.39 is 17.9 Å². The molecule has 0 aromatic rings. The Bertz CT molecular complexity index is 242. The van der Waals surface area contributed by atoms with Crippen LogP contribution < -0.4 is 0 Å². The van der Waals surface area contributed by atoms with Crippen molar-refractivity contribution in [3.05, 3.63) is 12.2 Å². The van der Waals surface area contributed by atoms with Crippen molar-refractivity contribution in [2.45, 2.75) is 26.7 Å². The van der Waals surface area contributed by atoms with Gasteiger partial charge in [0.05, 0.1) is 14.2 Å². The summed E-state index contributed by atoms with van der Waals surface area (Å²) in [6.45, 7) is 3.86. The molecular weight excluding hydrogens is 208 g/mol. The maximum atomic E-state index is 11.5. The summed E-state index contributed by atoms with van der Waals surface area (Å²) in [6.07, 6.45) is 5.32. The Morgan fingerprint density at radius 3 is 2.00 bits per heavy atom. The van der Waals surface area contributed by atoms with Crippen LogP contribution in [-0.4, -0.2) is 26.2 Å². The molecule has 0 aromatic carbocycles. The molecule has 0 aliphatic heterocycles. The molecule has 16 heavy (non-hydrogen) atoms. The van der Waals surface area contributed by atoms with Crippen LogP contribution >= 0.6 is 0 Å². The lowest BCUT2D eigenvalue weighted by Gasteiger charge is -2.19. The van der Waals surface area contributed by atoms with Crippen LogP contribution in [0.15, 0.2) is 12.2 Å². The minimum Gasteiger partial charge on any atom is -0.468 e. The molecule has 0 amide bonds. The lowest BCUT2D eigenvalue weighted by atomic mass is 9.88. The van der Waals surface area contributed by atoms with Crippen molar-refractivity contribution in [3.8, 4) is 0 Å². The first-order valence-electron chi connectivity index (χ1n) is 5.40. The number of hydrogen-bond acceptors (Lipinski definition) is 4. The van der Waals surface area contributed by atoms with Gasteiger partial charge in [0.2, 0.25) is 0 Å². The SMILES string of the molecule is C/C=C/C(CCC)C(C(=O)OC)C(=O)OC. The molecule has 0 rings (SSSR count). The number of carbonyl (C=O) groups excluding carboxylic acids is 2. The van der Waals surface area contributed by atoms with Gasteiger partial charge in [0, 0.05) is 5.92 Å². The Kier molecular flexibility index (Phi) is 7.25. The standard InChI is InChI=1S/C12H20O4/c1-5-7-9(8-6-2)10(11(13)15-3)12(14)16-4/h5,7,9-10H,6,8H2,1-4H3/b7-5+. The normalized spacial score (nSPS) is 12.8.